The first kappa shape index (κ1) is 21.1. The van der Waals surface area contributed by atoms with Crippen LogP contribution in [-0.4, -0.2) is 34.0 Å². The molecule has 1 saturated carbocycles. The standard InChI is InChI=1S/C26H17BrO7/c27-23-20(30)13-26(18(24(23)31)10-15-6-2-4-8-22(15)33-26)34-25-12-16(28)11-19(29)17(25)9-14-5-1-3-7-21(14)32-25/h1-10,31H,11-13H2. The third-order valence-corrected chi connectivity index (χ3v) is 7.14. The van der Waals surface area contributed by atoms with E-state index in [-0.39, 0.29) is 46.4 Å². The van der Waals surface area contributed by atoms with Gasteiger partial charge in [0, 0.05) is 11.1 Å². The summed E-state index contributed by atoms with van der Waals surface area (Å²) >= 11 is 3.16. The number of hydrogen-bond donors (Lipinski definition) is 1. The number of carbonyl (C=O) groups excluding carboxylic acids is 3. The van der Waals surface area contributed by atoms with Crippen LogP contribution < -0.4 is 9.47 Å². The average Bonchev–Trinajstić information content (AvgIpc) is 2.80. The summed E-state index contributed by atoms with van der Waals surface area (Å²) in [5.41, 5.74) is 1.71. The van der Waals surface area contributed by atoms with Gasteiger partial charge in [0.2, 0.25) is 0 Å². The van der Waals surface area contributed by atoms with Crippen molar-refractivity contribution in [2.24, 2.45) is 0 Å². The number of carbonyl (C=O) groups is 3. The molecule has 0 radical (unpaired) electrons. The van der Waals surface area contributed by atoms with Crippen molar-refractivity contribution >= 4 is 45.4 Å². The fourth-order valence-corrected chi connectivity index (χ4v) is 5.17. The van der Waals surface area contributed by atoms with Crippen molar-refractivity contribution in [2.45, 2.75) is 30.8 Å². The number of ether oxygens (including phenoxy) is 3. The number of fused-ring (bicyclic) bond motifs is 4. The Balaban J connectivity index is 1.54. The molecule has 1 N–H and O–H groups in total. The molecule has 8 heteroatoms. The molecule has 34 heavy (non-hydrogen) atoms. The number of benzene rings is 2. The summed E-state index contributed by atoms with van der Waals surface area (Å²) in [6, 6.07) is 14.2. The molecule has 0 bridgehead atoms. The van der Waals surface area contributed by atoms with Gasteiger partial charge in [0.05, 0.1) is 30.4 Å². The summed E-state index contributed by atoms with van der Waals surface area (Å²) < 4.78 is 19.0. The lowest BCUT2D eigenvalue weighted by atomic mass is 9.82. The largest absolute Gasteiger partial charge is 0.506 e. The molecule has 0 saturated heterocycles. The summed E-state index contributed by atoms with van der Waals surface area (Å²) in [6.07, 6.45) is 2.50. The maximum atomic E-state index is 13.0. The first-order valence-electron chi connectivity index (χ1n) is 10.7. The Morgan fingerprint density at radius 2 is 1.35 bits per heavy atom. The van der Waals surface area contributed by atoms with E-state index in [4.69, 9.17) is 14.2 Å². The summed E-state index contributed by atoms with van der Waals surface area (Å²) in [5, 5.41) is 10.9. The van der Waals surface area contributed by atoms with Crippen LogP contribution in [0.1, 0.15) is 30.4 Å². The maximum absolute atomic E-state index is 13.0. The van der Waals surface area contributed by atoms with Crippen molar-refractivity contribution in [3.63, 3.8) is 0 Å². The third-order valence-electron chi connectivity index (χ3n) is 6.33. The molecule has 0 aromatic heterocycles. The monoisotopic (exact) mass is 520 g/mol. The van der Waals surface area contributed by atoms with Crippen LogP contribution in [0.5, 0.6) is 11.5 Å². The van der Waals surface area contributed by atoms with Crippen molar-refractivity contribution in [1.82, 2.24) is 0 Å². The molecule has 0 spiro atoms. The van der Waals surface area contributed by atoms with E-state index in [1.165, 1.54) is 0 Å². The number of halogens is 1. The highest BCUT2D eigenvalue weighted by Crippen LogP contribution is 2.51. The molecule has 2 heterocycles. The highest BCUT2D eigenvalue weighted by molar-refractivity contribution is 9.12. The van der Waals surface area contributed by atoms with E-state index in [2.05, 4.69) is 15.9 Å². The molecule has 2 aliphatic carbocycles. The molecule has 2 aliphatic heterocycles. The topological polar surface area (TPSA) is 99.1 Å². The van der Waals surface area contributed by atoms with Crippen LogP contribution in [0.2, 0.25) is 0 Å². The van der Waals surface area contributed by atoms with Gasteiger partial charge in [-0.25, -0.2) is 0 Å². The van der Waals surface area contributed by atoms with Crippen molar-refractivity contribution in [2.75, 3.05) is 0 Å². The van der Waals surface area contributed by atoms with E-state index in [0.29, 0.717) is 22.6 Å². The molecule has 4 aliphatic rings. The number of aliphatic hydroxyl groups excluding tert-OH is 1. The van der Waals surface area contributed by atoms with Gasteiger partial charge in [-0.1, -0.05) is 36.4 Å². The molecule has 0 amide bonds. The fraction of sp³-hybridized carbons (Fsp3) is 0.192. The first-order chi connectivity index (χ1) is 16.3. The molecule has 7 nitrogen and oxygen atoms in total. The Labute approximate surface area is 202 Å². The van der Waals surface area contributed by atoms with Crippen molar-refractivity contribution in [1.29, 1.82) is 0 Å². The van der Waals surface area contributed by atoms with Crippen molar-refractivity contribution < 1.29 is 33.7 Å². The Hall–Kier alpha value is -3.49. The quantitative estimate of drug-likeness (QED) is 0.585. The number of para-hydroxylation sites is 2. The van der Waals surface area contributed by atoms with Gasteiger partial charge in [-0.3, -0.25) is 19.1 Å². The van der Waals surface area contributed by atoms with Crippen LogP contribution in [0.25, 0.3) is 12.2 Å². The van der Waals surface area contributed by atoms with Gasteiger partial charge < -0.3 is 14.6 Å². The van der Waals surface area contributed by atoms with Crippen LogP contribution in [0.15, 0.2) is 69.9 Å². The predicted molar refractivity (Wildman–Crippen MR) is 124 cm³/mol. The van der Waals surface area contributed by atoms with Gasteiger partial charge in [0.25, 0.3) is 11.6 Å². The second-order valence-electron chi connectivity index (χ2n) is 8.58. The highest BCUT2D eigenvalue weighted by atomic mass is 79.9. The molecule has 2 atom stereocenters. The number of ketones is 3. The van der Waals surface area contributed by atoms with Crippen molar-refractivity contribution in [3.8, 4) is 11.5 Å². The van der Waals surface area contributed by atoms with E-state index in [0.717, 1.165) is 0 Å². The summed E-state index contributed by atoms with van der Waals surface area (Å²) in [5.74, 6) is -4.37. The van der Waals surface area contributed by atoms with Gasteiger partial charge in [-0.2, -0.15) is 0 Å². The Kier molecular flexibility index (Phi) is 4.49. The lowest BCUT2D eigenvalue weighted by molar-refractivity contribution is -0.280. The summed E-state index contributed by atoms with van der Waals surface area (Å²) in [4.78, 5) is 38.5. The molecular weight excluding hydrogens is 504 g/mol. The number of aliphatic hydroxyl groups is 1. The van der Waals surface area contributed by atoms with E-state index in [1.54, 1.807) is 48.6 Å². The first-order valence-corrected chi connectivity index (χ1v) is 11.5. The Bertz CT molecular complexity index is 1400. The number of Topliss-reactive ketones (excluding diaryl/α,β-unsaturated/α-hetero) is 3. The molecule has 2 aromatic rings. The van der Waals surface area contributed by atoms with E-state index < -0.39 is 23.1 Å². The Morgan fingerprint density at radius 1 is 0.794 bits per heavy atom. The van der Waals surface area contributed by atoms with E-state index in [1.807, 2.05) is 12.1 Å². The van der Waals surface area contributed by atoms with Gasteiger partial charge >= 0.3 is 0 Å². The summed E-state index contributed by atoms with van der Waals surface area (Å²) in [6.45, 7) is 0. The van der Waals surface area contributed by atoms with Gasteiger partial charge in [0.15, 0.2) is 11.6 Å². The maximum Gasteiger partial charge on any atom is 0.251 e. The minimum absolute atomic E-state index is 0.0000678. The van der Waals surface area contributed by atoms with Crippen LogP contribution in [0.4, 0.5) is 0 Å². The lowest BCUT2D eigenvalue weighted by Gasteiger charge is -2.48. The van der Waals surface area contributed by atoms with E-state index >= 15 is 0 Å². The molecule has 6 rings (SSSR count). The zero-order valence-corrected chi connectivity index (χ0v) is 19.3. The van der Waals surface area contributed by atoms with Crippen LogP contribution >= 0.6 is 15.9 Å². The minimum atomic E-state index is -1.82. The van der Waals surface area contributed by atoms with E-state index in [9.17, 15) is 19.5 Å². The van der Waals surface area contributed by atoms with Crippen molar-refractivity contribution in [3.05, 3.63) is 81.0 Å². The van der Waals surface area contributed by atoms with Crippen LogP contribution in [-0.2, 0) is 19.1 Å². The Morgan fingerprint density at radius 3 is 2.00 bits per heavy atom. The smallest absolute Gasteiger partial charge is 0.251 e. The fourth-order valence-electron chi connectivity index (χ4n) is 4.81. The third kappa shape index (κ3) is 3.02. The normalized spacial score (nSPS) is 27.4. The van der Waals surface area contributed by atoms with Crippen LogP contribution in [0, 0.1) is 0 Å². The zero-order chi connectivity index (χ0) is 23.7. The number of rotatable bonds is 2. The molecule has 2 aromatic carbocycles. The average molecular weight is 521 g/mol. The second kappa shape index (κ2) is 7.25. The SMILES string of the molecule is O=C1CC(=O)C2=Cc3ccccc3OC2(OC23CC(=O)C(Br)=C(O)C2=Cc2ccccc2O3)C1. The van der Waals surface area contributed by atoms with Gasteiger partial charge in [-0.15, -0.1) is 0 Å². The second-order valence-corrected chi connectivity index (χ2v) is 9.37. The zero-order valence-electron chi connectivity index (χ0n) is 17.7. The predicted octanol–water partition coefficient (Wildman–Crippen LogP) is 4.42. The molecule has 170 valence electrons. The highest BCUT2D eigenvalue weighted by Gasteiger charge is 2.59. The minimum Gasteiger partial charge on any atom is -0.506 e. The number of hydrogen-bond acceptors (Lipinski definition) is 7. The molecule has 1 fully saturated rings. The van der Waals surface area contributed by atoms with Crippen LogP contribution in [0.3, 0.4) is 0 Å². The summed E-state index contributed by atoms with van der Waals surface area (Å²) in [7, 11) is 0. The van der Waals surface area contributed by atoms with Gasteiger partial charge in [-0.05, 0) is 40.2 Å². The lowest BCUT2D eigenvalue weighted by Crippen LogP contribution is -2.60. The molecule has 2 unspecified atom stereocenters. The molecular formula is C26H17BrO7. The van der Waals surface area contributed by atoms with Gasteiger partial charge in [0.1, 0.15) is 27.5 Å². The number of allylic oxidation sites excluding steroid dienone is 1.